The quantitative estimate of drug-likeness (QED) is 0.662. The predicted octanol–water partition coefficient (Wildman–Crippen LogP) is 3.66. The summed E-state index contributed by atoms with van der Waals surface area (Å²) in [4.78, 5) is 6.61. The summed E-state index contributed by atoms with van der Waals surface area (Å²) in [6.07, 6.45) is -4.25. The highest BCUT2D eigenvalue weighted by Gasteiger charge is 2.27. The number of nitrogens with one attached hydrogen (secondary N) is 1. The third-order valence-corrected chi connectivity index (χ3v) is 3.05. The molecule has 0 atom stereocenters. The van der Waals surface area contributed by atoms with Gasteiger partial charge < -0.3 is 4.98 Å². The van der Waals surface area contributed by atoms with Crippen LogP contribution in [-0.2, 0) is 0 Å². The van der Waals surface area contributed by atoms with E-state index in [0.29, 0.717) is 28.4 Å². The molecule has 92 valence electrons. The molecule has 0 radical (unpaired) electrons. The average Bonchev–Trinajstić information content (AvgIpc) is 2.57. The number of nitrogens with zero attached hydrogens (tertiary/aromatic N) is 1. The fraction of sp³-hybridized carbons (Fsp3) is 0.300. The Balaban J connectivity index is 2.26. The highest BCUT2D eigenvalue weighted by atomic mass is 32.2. The number of H-pyrrole nitrogens is 1. The van der Waals surface area contributed by atoms with E-state index in [1.165, 1.54) is 12.1 Å². The molecule has 0 spiro atoms. The minimum absolute atomic E-state index is 0.141. The number of thioether (sulfide) groups is 1. The molecule has 0 aliphatic carbocycles. The second-order valence-electron chi connectivity index (χ2n) is 3.56. The summed E-state index contributed by atoms with van der Waals surface area (Å²) in [7, 11) is 0. The van der Waals surface area contributed by atoms with Crippen molar-refractivity contribution in [3.8, 4) is 0 Å². The highest BCUT2D eigenvalue weighted by Crippen LogP contribution is 2.27. The molecule has 0 fully saturated rings. The summed E-state index contributed by atoms with van der Waals surface area (Å²) in [5.41, 5.74) is 1.28. The Hall–Kier alpha value is -1.24. The first kappa shape index (κ1) is 12.2. The predicted molar refractivity (Wildman–Crippen MR) is 57.6 cm³/mol. The van der Waals surface area contributed by atoms with E-state index in [1.54, 1.807) is 6.92 Å². The SMILES string of the molecule is Cc1cc2nc(SCC(F)(F)F)[nH]c2cc1F. The van der Waals surface area contributed by atoms with Crippen LogP contribution in [0.5, 0.6) is 0 Å². The second-order valence-corrected chi connectivity index (χ2v) is 4.53. The fourth-order valence-corrected chi connectivity index (χ4v) is 1.98. The zero-order valence-electron chi connectivity index (χ0n) is 8.73. The molecule has 7 heteroatoms. The van der Waals surface area contributed by atoms with Crippen LogP contribution in [0.1, 0.15) is 5.56 Å². The minimum atomic E-state index is -4.25. The van der Waals surface area contributed by atoms with Gasteiger partial charge in [-0.2, -0.15) is 13.2 Å². The second kappa shape index (κ2) is 4.21. The molecule has 0 saturated heterocycles. The molecule has 1 aromatic heterocycles. The van der Waals surface area contributed by atoms with Gasteiger partial charge in [-0.1, -0.05) is 11.8 Å². The van der Waals surface area contributed by atoms with Gasteiger partial charge >= 0.3 is 6.18 Å². The summed E-state index contributed by atoms with van der Waals surface area (Å²) in [6.45, 7) is 1.58. The lowest BCUT2D eigenvalue weighted by atomic mass is 10.2. The molecule has 0 aliphatic heterocycles. The standard InChI is InChI=1S/C10H8F4N2S/c1-5-2-7-8(3-6(5)11)16-9(15-7)17-4-10(12,13)14/h2-3H,4H2,1H3,(H,15,16). The number of rotatable bonds is 2. The Morgan fingerprint density at radius 2 is 2.06 bits per heavy atom. The molecule has 1 aromatic carbocycles. The summed E-state index contributed by atoms with van der Waals surface area (Å²) >= 11 is 0.551. The van der Waals surface area contributed by atoms with Crippen molar-refractivity contribution in [1.82, 2.24) is 9.97 Å². The molecule has 2 nitrogen and oxygen atoms in total. The highest BCUT2D eigenvalue weighted by molar-refractivity contribution is 7.99. The van der Waals surface area contributed by atoms with Gasteiger partial charge in [-0.25, -0.2) is 9.37 Å². The van der Waals surface area contributed by atoms with E-state index in [4.69, 9.17) is 0 Å². The lowest BCUT2D eigenvalue weighted by molar-refractivity contribution is -0.105. The maximum atomic E-state index is 13.2. The van der Waals surface area contributed by atoms with E-state index in [9.17, 15) is 17.6 Å². The van der Waals surface area contributed by atoms with E-state index in [0.717, 1.165) is 0 Å². The summed E-state index contributed by atoms with van der Waals surface area (Å²) in [5.74, 6) is -1.43. The maximum absolute atomic E-state index is 13.2. The third-order valence-electron chi connectivity index (χ3n) is 2.11. The number of hydrogen-bond donors (Lipinski definition) is 1. The topological polar surface area (TPSA) is 28.7 Å². The molecule has 2 aromatic rings. The molecular weight excluding hydrogens is 256 g/mol. The number of aromatic nitrogens is 2. The number of aryl methyl sites for hydroxylation is 1. The fourth-order valence-electron chi connectivity index (χ4n) is 1.33. The van der Waals surface area contributed by atoms with Crippen LogP contribution in [0.25, 0.3) is 11.0 Å². The van der Waals surface area contributed by atoms with Crippen molar-refractivity contribution >= 4 is 22.8 Å². The van der Waals surface area contributed by atoms with Gasteiger partial charge in [0.25, 0.3) is 0 Å². The zero-order chi connectivity index (χ0) is 12.6. The van der Waals surface area contributed by atoms with E-state index < -0.39 is 17.7 Å². The Morgan fingerprint density at radius 3 is 2.71 bits per heavy atom. The van der Waals surface area contributed by atoms with Crippen LogP contribution in [0, 0.1) is 12.7 Å². The van der Waals surface area contributed by atoms with Crippen LogP contribution in [0.3, 0.4) is 0 Å². The smallest absolute Gasteiger partial charge is 0.333 e. The van der Waals surface area contributed by atoms with Crippen LogP contribution in [0.4, 0.5) is 17.6 Å². The molecular formula is C10H8F4N2S. The molecule has 1 N–H and O–H groups in total. The number of aromatic amines is 1. The Morgan fingerprint density at radius 1 is 1.35 bits per heavy atom. The molecule has 0 amide bonds. The Kier molecular flexibility index (Phi) is 3.03. The van der Waals surface area contributed by atoms with Crippen LogP contribution >= 0.6 is 11.8 Å². The van der Waals surface area contributed by atoms with Gasteiger partial charge in [-0.3, -0.25) is 0 Å². The molecule has 0 unspecified atom stereocenters. The first-order valence-electron chi connectivity index (χ1n) is 4.70. The number of benzene rings is 1. The van der Waals surface area contributed by atoms with E-state index in [-0.39, 0.29) is 5.16 Å². The minimum Gasteiger partial charge on any atom is -0.333 e. The number of fused-ring (bicyclic) bond motifs is 1. The number of alkyl halides is 3. The molecule has 1 heterocycles. The summed E-state index contributed by atoms with van der Waals surface area (Å²) in [6, 6.07) is 2.73. The molecule has 0 bridgehead atoms. The molecule has 0 aliphatic rings. The molecule has 0 saturated carbocycles. The first-order valence-corrected chi connectivity index (χ1v) is 5.69. The summed E-state index contributed by atoms with van der Waals surface area (Å²) in [5, 5.41) is 0.141. The first-order chi connectivity index (χ1) is 7.85. The Bertz CT molecular complexity index is 508. The average molecular weight is 264 g/mol. The number of imidazole rings is 1. The number of hydrogen-bond acceptors (Lipinski definition) is 2. The van der Waals surface area contributed by atoms with Crippen molar-refractivity contribution in [1.29, 1.82) is 0 Å². The van der Waals surface area contributed by atoms with Crippen LogP contribution in [0.15, 0.2) is 17.3 Å². The monoisotopic (exact) mass is 264 g/mol. The molecule has 2 rings (SSSR count). The largest absolute Gasteiger partial charge is 0.398 e. The van der Waals surface area contributed by atoms with Gasteiger partial charge in [0.1, 0.15) is 5.82 Å². The van der Waals surface area contributed by atoms with Gasteiger partial charge in [0.05, 0.1) is 16.8 Å². The van der Waals surface area contributed by atoms with Gasteiger partial charge in [-0.05, 0) is 24.6 Å². The van der Waals surface area contributed by atoms with E-state index >= 15 is 0 Å². The zero-order valence-corrected chi connectivity index (χ0v) is 9.55. The van der Waals surface area contributed by atoms with Crippen molar-refractivity contribution in [3.63, 3.8) is 0 Å². The van der Waals surface area contributed by atoms with Gasteiger partial charge in [0.2, 0.25) is 0 Å². The van der Waals surface area contributed by atoms with Crippen molar-refractivity contribution < 1.29 is 17.6 Å². The molecule has 17 heavy (non-hydrogen) atoms. The van der Waals surface area contributed by atoms with Crippen molar-refractivity contribution in [3.05, 3.63) is 23.5 Å². The number of halogens is 4. The van der Waals surface area contributed by atoms with Gasteiger partial charge in [-0.15, -0.1) is 0 Å². The van der Waals surface area contributed by atoms with Crippen LogP contribution < -0.4 is 0 Å². The third kappa shape index (κ3) is 2.91. The normalized spacial score (nSPS) is 12.3. The lowest BCUT2D eigenvalue weighted by Gasteiger charge is -2.02. The Labute approximate surface area is 98.4 Å². The summed E-state index contributed by atoms with van der Waals surface area (Å²) < 4.78 is 49.2. The van der Waals surface area contributed by atoms with Gasteiger partial charge in [0, 0.05) is 0 Å². The lowest BCUT2D eigenvalue weighted by Crippen LogP contribution is -2.10. The van der Waals surface area contributed by atoms with Gasteiger partial charge in [0.15, 0.2) is 5.16 Å². The van der Waals surface area contributed by atoms with Crippen LogP contribution in [-0.4, -0.2) is 21.9 Å². The van der Waals surface area contributed by atoms with Crippen molar-refractivity contribution in [2.75, 3.05) is 5.75 Å². The van der Waals surface area contributed by atoms with E-state index in [1.807, 2.05) is 0 Å². The van der Waals surface area contributed by atoms with E-state index in [2.05, 4.69) is 9.97 Å². The maximum Gasteiger partial charge on any atom is 0.398 e. The van der Waals surface area contributed by atoms with Crippen molar-refractivity contribution in [2.24, 2.45) is 0 Å². The van der Waals surface area contributed by atoms with Crippen molar-refractivity contribution in [2.45, 2.75) is 18.3 Å². The van der Waals surface area contributed by atoms with Crippen LogP contribution in [0.2, 0.25) is 0 Å².